The number of rotatable bonds is 5. The van der Waals surface area contributed by atoms with Gasteiger partial charge in [-0.15, -0.1) is 0 Å². The molecule has 3 aromatic rings. The minimum atomic E-state index is -1.82. The summed E-state index contributed by atoms with van der Waals surface area (Å²) in [6.07, 6.45) is 2.09. The van der Waals surface area contributed by atoms with E-state index in [1.54, 1.807) is 26.4 Å². The molecule has 10 nitrogen and oxygen atoms in total. The van der Waals surface area contributed by atoms with Gasteiger partial charge in [-0.05, 0) is 23.8 Å². The zero-order chi connectivity index (χ0) is 24.7. The van der Waals surface area contributed by atoms with Crippen LogP contribution in [0, 0.1) is 0 Å². The van der Waals surface area contributed by atoms with Gasteiger partial charge in [0.25, 0.3) is 5.91 Å². The first-order chi connectivity index (χ1) is 16.3. The third-order valence-electron chi connectivity index (χ3n) is 5.54. The van der Waals surface area contributed by atoms with Gasteiger partial charge in [0.15, 0.2) is 11.5 Å². The molecule has 1 aliphatic rings. The van der Waals surface area contributed by atoms with E-state index in [2.05, 4.69) is 34.3 Å². The smallest absolute Gasteiger partial charge is 0.414 e. The van der Waals surface area contributed by atoms with Gasteiger partial charge in [0, 0.05) is 49.8 Å². The number of fused-ring (bicyclic) bond motifs is 1. The molecule has 2 heterocycles. The standard InChI is InChI=1S/C22H25N3O3.C2H2O4/c1-27-20-9-5-7-18(21(20)28-2)22(26)25-12-10-24(11-13-25)15-16-14-23-19-8-4-3-6-17(16)19;3-1(4)2(5)6/h3-9,14,23H,10-13,15H2,1-2H3;(H,3,4)(H,5,6). The Morgan fingerprint density at radius 3 is 2.21 bits per heavy atom. The molecule has 0 spiro atoms. The molecule has 1 aliphatic heterocycles. The second-order valence-electron chi connectivity index (χ2n) is 7.58. The van der Waals surface area contributed by atoms with Crippen molar-refractivity contribution in [2.45, 2.75) is 6.54 Å². The van der Waals surface area contributed by atoms with E-state index in [1.807, 2.05) is 17.0 Å². The number of aromatic nitrogens is 1. The second kappa shape index (κ2) is 11.2. The Balaban J connectivity index is 0.000000481. The number of H-pyrrole nitrogens is 1. The molecule has 0 bridgehead atoms. The van der Waals surface area contributed by atoms with Crippen molar-refractivity contribution in [1.29, 1.82) is 0 Å². The first-order valence-electron chi connectivity index (χ1n) is 10.6. The number of nitrogens with one attached hydrogen (secondary N) is 1. The lowest BCUT2D eigenvalue weighted by atomic mass is 10.1. The molecule has 10 heteroatoms. The maximum absolute atomic E-state index is 13.0. The molecular formula is C24H27N3O7. The number of para-hydroxylation sites is 2. The van der Waals surface area contributed by atoms with Gasteiger partial charge in [-0.1, -0.05) is 24.3 Å². The number of nitrogens with zero attached hydrogens (tertiary/aromatic N) is 2. The number of aliphatic carboxylic acids is 2. The maximum Gasteiger partial charge on any atom is 0.414 e. The van der Waals surface area contributed by atoms with Crippen LogP contribution in [0.2, 0.25) is 0 Å². The van der Waals surface area contributed by atoms with Crippen molar-refractivity contribution in [2.24, 2.45) is 0 Å². The van der Waals surface area contributed by atoms with Crippen LogP contribution < -0.4 is 9.47 Å². The molecule has 0 aliphatic carbocycles. The molecule has 0 saturated carbocycles. The average Bonchev–Trinajstić information content (AvgIpc) is 3.26. The molecule has 0 radical (unpaired) electrons. The zero-order valence-corrected chi connectivity index (χ0v) is 19.0. The van der Waals surface area contributed by atoms with Gasteiger partial charge in [0.05, 0.1) is 19.8 Å². The quantitative estimate of drug-likeness (QED) is 0.485. The summed E-state index contributed by atoms with van der Waals surface area (Å²) in [4.78, 5) is 38.8. The molecule has 180 valence electrons. The first kappa shape index (κ1) is 24.6. The van der Waals surface area contributed by atoms with E-state index in [0.29, 0.717) is 30.2 Å². The van der Waals surface area contributed by atoms with Crippen molar-refractivity contribution < 1.29 is 34.1 Å². The first-order valence-corrected chi connectivity index (χ1v) is 10.6. The highest BCUT2D eigenvalue weighted by Gasteiger charge is 2.26. The monoisotopic (exact) mass is 469 g/mol. The fraction of sp³-hybridized carbons (Fsp3) is 0.292. The van der Waals surface area contributed by atoms with Crippen LogP contribution in [0.3, 0.4) is 0 Å². The summed E-state index contributed by atoms with van der Waals surface area (Å²) in [6.45, 7) is 3.96. The van der Waals surface area contributed by atoms with Crippen molar-refractivity contribution in [3.63, 3.8) is 0 Å². The van der Waals surface area contributed by atoms with E-state index < -0.39 is 11.9 Å². The molecule has 1 amide bonds. The Morgan fingerprint density at radius 2 is 1.59 bits per heavy atom. The number of carboxylic acids is 2. The lowest BCUT2D eigenvalue weighted by molar-refractivity contribution is -0.159. The van der Waals surface area contributed by atoms with Crippen LogP contribution in [0.5, 0.6) is 11.5 Å². The number of hydrogen-bond donors (Lipinski definition) is 3. The molecule has 3 N–H and O–H groups in total. The van der Waals surface area contributed by atoms with Crippen LogP contribution in [0.25, 0.3) is 10.9 Å². The number of ether oxygens (including phenoxy) is 2. The van der Waals surface area contributed by atoms with Gasteiger partial charge < -0.3 is 29.6 Å². The van der Waals surface area contributed by atoms with Crippen LogP contribution in [0.4, 0.5) is 0 Å². The van der Waals surface area contributed by atoms with Crippen molar-refractivity contribution >= 4 is 28.7 Å². The minimum Gasteiger partial charge on any atom is -0.493 e. The Morgan fingerprint density at radius 1 is 0.912 bits per heavy atom. The van der Waals surface area contributed by atoms with Crippen LogP contribution in [0.15, 0.2) is 48.7 Å². The highest BCUT2D eigenvalue weighted by molar-refractivity contribution is 6.27. The number of carboxylic acid groups (broad SMARTS) is 2. The Hall–Kier alpha value is -4.05. The highest BCUT2D eigenvalue weighted by Crippen LogP contribution is 2.31. The molecule has 2 aromatic carbocycles. The van der Waals surface area contributed by atoms with E-state index in [9.17, 15) is 4.79 Å². The van der Waals surface area contributed by atoms with Crippen LogP contribution in [-0.4, -0.2) is 83.2 Å². The number of amides is 1. The molecule has 1 saturated heterocycles. The summed E-state index contributed by atoms with van der Waals surface area (Å²) < 4.78 is 10.7. The molecule has 1 aromatic heterocycles. The Bertz CT molecular complexity index is 1150. The summed E-state index contributed by atoms with van der Waals surface area (Å²) in [6, 6.07) is 13.8. The predicted molar refractivity (Wildman–Crippen MR) is 124 cm³/mol. The van der Waals surface area contributed by atoms with Crippen LogP contribution in [0.1, 0.15) is 15.9 Å². The number of hydrogen-bond acceptors (Lipinski definition) is 6. The zero-order valence-electron chi connectivity index (χ0n) is 19.0. The Labute approximate surface area is 196 Å². The number of carbonyl (C=O) groups excluding carboxylic acids is 1. The normalized spacial score (nSPS) is 13.6. The number of piperazine rings is 1. The molecule has 1 fully saturated rings. The minimum absolute atomic E-state index is 0.0116. The fourth-order valence-electron chi connectivity index (χ4n) is 3.84. The van der Waals surface area contributed by atoms with E-state index >= 15 is 0 Å². The number of benzene rings is 2. The van der Waals surface area contributed by atoms with Gasteiger partial charge in [0.2, 0.25) is 0 Å². The Kier molecular flexibility index (Phi) is 8.10. The van der Waals surface area contributed by atoms with Gasteiger partial charge in [-0.25, -0.2) is 9.59 Å². The van der Waals surface area contributed by atoms with Crippen LogP contribution >= 0.6 is 0 Å². The van der Waals surface area contributed by atoms with Crippen molar-refractivity contribution in [2.75, 3.05) is 40.4 Å². The van der Waals surface area contributed by atoms with Crippen molar-refractivity contribution in [3.8, 4) is 11.5 Å². The molecular weight excluding hydrogens is 442 g/mol. The summed E-state index contributed by atoms with van der Waals surface area (Å²) in [5.41, 5.74) is 3.01. The third-order valence-corrected chi connectivity index (χ3v) is 5.54. The molecule has 0 atom stereocenters. The van der Waals surface area contributed by atoms with E-state index in [0.717, 1.165) is 25.2 Å². The van der Waals surface area contributed by atoms with Gasteiger partial charge in [-0.3, -0.25) is 9.69 Å². The average molecular weight is 469 g/mol. The van der Waals surface area contributed by atoms with Crippen LogP contribution in [-0.2, 0) is 16.1 Å². The van der Waals surface area contributed by atoms with E-state index in [-0.39, 0.29) is 5.91 Å². The molecule has 0 unspecified atom stereocenters. The highest BCUT2D eigenvalue weighted by atomic mass is 16.5. The van der Waals surface area contributed by atoms with Gasteiger partial charge >= 0.3 is 11.9 Å². The van der Waals surface area contributed by atoms with Gasteiger partial charge in [-0.2, -0.15) is 0 Å². The predicted octanol–water partition coefficient (Wildman–Crippen LogP) is 2.30. The van der Waals surface area contributed by atoms with E-state index in [4.69, 9.17) is 29.3 Å². The maximum atomic E-state index is 13.0. The number of aromatic amines is 1. The molecule has 4 rings (SSSR count). The van der Waals surface area contributed by atoms with Crippen molar-refractivity contribution in [3.05, 3.63) is 59.8 Å². The number of carbonyl (C=O) groups is 3. The largest absolute Gasteiger partial charge is 0.493 e. The second-order valence-corrected chi connectivity index (χ2v) is 7.58. The number of methoxy groups -OCH3 is 2. The summed E-state index contributed by atoms with van der Waals surface area (Å²) in [7, 11) is 3.14. The lowest BCUT2D eigenvalue weighted by Gasteiger charge is -2.35. The molecule has 34 heavy (non-hydrogen) atoms. The summed E-state index contributed by atoms with van der Waals surface area (Å²) >= 11 is 0. The topological polar surface area (TPSA) is 132 Å². The fourth-order valence-corrected chi connectivity index (χ4v) is 3.84. The summed E-state index contributed by atoms with van der Waals surface area (Å²) in [5.74, 6) is -2.59. The summed E-state index contributed by atoms with van der Waals surface area (Å²) in [5, 5.41) is 16.0. The lowest BCUT2D eigenvalue weighted by Crippen LogP contribution is -2.48. The SMILES string of the molecule is COc1cccc(C(=O)N2CCN(Cc3c[nH]c4ccccc34)CC2)c1OC.O=C(O)C(=O)O. The van der Waals surface area contributed by atoms with E-state index in [1.165, 1.54) is 10.9 Å². The van der Waals surface area contributed by atoms with Crippen molar-refractivity contribution in [1.82, 2.24) is 14.8 Å². The van der Waals surface area contributed by atoms with Gasteiger partial charge in [0.1, 0.15) is 0 Å². The third kappa shape index (κ3) is 5.65.